The van der Waals surface area contributed by atoms with Gasteiger partial charge < -0.3 is 16.0 Å². The zero-order chi connectivity index (χ0) is 14.9. The largest absolute Gasteiger partial charge is 0.361 e. The van der Waals surface area contributed by atoms with Crippen LogP contribution < -0.4 is 11.1 Å². The first-order valence-corrected chi connectivity index (χ1v) is 7.70. The summed E-state index contributed by atoms with van der Waals surface area (Å²) in [4.78, 5) is 15.5. The molecule has 0 bridgehead atoms. The number of carbonyl (C=O) groups excluding carboxylic acids is 1. The van der Waals surface area contributed by atoms with Gasteiger partial charge in [-0.15, -0.1) is 0 Å². The Morgan fingerprint density at radius 3 is 2.86 bits per heavy atom. The number of para-hydroxylation sites is 1. The number of amides is 1. The molecule has 0 aliphatic heterocycles. The Morgan fingerprint density at radius 2 is 2.10 bits per heavy atom. The quantitative estimate of drug-likeness (QED) is 0.807. The first-order chi connectivity index (χ1) is 10.1. The first-order valence-electron chi connectivity index (χ1n) is 7.70. The standard InChI is InChI=1S/C17H23N3O/c1-17(8-4-5-9-17)20-16(21)14(18)10-12-11-19-15-7-3-2-6-13(12)15/h2-3,6-7,11,14,19H,4-5,8-10,18H2,1H3,(H,20,21). The van der Waals surface area contributed by atoms with E-state index in [2.05, 4.69) is 23.3 Å². The molecule has 0 saturated heterocycles. The van der Waals surface area contributed by atoms with Crippen LogP contribution in [-0.2, 0) is 11.2 Å². The molecule has 1 aromatic heterocycles. The summed E-state index contributed by atoms with van der Waals surface area (Å²) in [6.45, 7) is 2.12. The van der Waals surface area contributed by atoms with Crippen LogP contribution >= 0.6 is 0 Å². The number of H-pyrrole nitrogens is 1. The van der Waals surface area contributed by atoms with Crippen LogP contribution in [0.2, 0.25) is 0 Å². The van der Waals surface area contributed by atoms with Crippen molar-refractivity contribution < 1.29 is 4.79 Å². The lowest BCUT2D eigenvalue weighted by Gasteiger charge is -2.27. The molecule has 4 nitrogen and oxygen atoms in total. The van der Waals surface area contributed by atoms with Gasteiger partial charge in [-0.25, -0.2) is 0 Å². The van der Waals surface area contributed by atoms with E-state index < -0.39 is 6.04 Å². The third kappa shape index (κ3) is 2.95. The summed E-state index contributed by atoms with van der Waals surface area (Å²) >= 11 is 0. The first kappa shape index (κ1) is 14.1. The molecule has 4 N–H and O–H groups in total. The molecule has 1 heterocycles. The molecule has 1 aromatic carbocycles. The number of rotatable bonds is 4. The monoisotopic (exact) mass is 285 g/mol. The van der Waals surface area contributed by atoms with Crippen LogP contribution in [0.1, 0.15) is 38.2 Å². The lowest BCUT2D eigenvalue weighted by molar-refractivity contribution is -0.124. The van der Waals surface area contributed by atoms with Crippen LogP contribution in [0, 0.1) is 0 Å². The van der Waals surface area contributed by atoms with Crippen LogP contribution in [0.4, 0.5) is 0 Å². The van der Waals surface area contributed by atoms with Crippen LogP contribution in [-0.4, -0.2) is 22.5 Å². The molecular weight excluding hydrogens is 262 g/mol. The highest BCUT2D eigenvalue weighted by Gasteiger charge is 2.31. The number of benzene rings is 1. The summed E-state index contributed by atoms with van der Waals surface area (Å²) < 4.78 is 0. The summed E-state index contributed by atoms with van der Waals surface area (Å²) in [6, 6.07) is 7.59. The molecule has 1 aliphatic carbocycles. The van der Waals surface area contributed by atoms with Crippen LogP contribution in [0.3, 0.4) is 0 Å². The Bertz CT molecular complexity index is 640. The van der Waals surface area contributed by atoms with Crippen LogP contribution in [0.25, 0.3) is 10.9 Å². The maximum atomic E-state index is 12.3. The maximum Gasteiger partial charge on any atom is 0.237 e. The molecular formula is C17H23N3O. The van der Waals surface area contributed by atoms with E-state index >= 15 is 0 Å². The molecule has 112 valence electrons. The molecule has 1 fully saturated rings. The van der Waals surface area contributed by atoms with Crippen molar-refractivity contribution in [2.75, 3.05) is 0 Å². The second-order valence-electron chi connectivity index (χ2n) is 6.43. The van der Waals surface area contributed by atoms with E-state index in [1.165, 1.54) is 12.8 Å². The summed E-state index contributed by atoms with van der Waals surface area (Å²) in [5.74, 6) is -0.0373. The zero-order valence-corrected chi connectivity index (χ0v) is 12.5. The topological polar surface area (TPSA) is 70.9 Å². The Kier molecular flexibility index (Phi) is 3.72. The number of fused-ring (bicyclic) bond motifs is 1. The number of nitrogens with two attached hydrogens (primary N) is 1. The van der Waals surface area contributed by atoms with Gasteiger partial charge in [0.15, 0.2) is 0 Å². The van der Waals surface area contributed by atoms with Crippen molar-refractivity contribution in [1.29, 1.82) is 0 Å². The highest BCUT2D eigenvalue weighted by Crippen LogP contribution is 2.29. The summed E-state index contributed by atoms with van der Waals surface area (Å²) in [5.41, 5.74) is 8.24. The third-order valence-corrected chi connectivity index (χ3v) is 4.58. The Labute approximate surface area is 125 Å². The fourth-order valence-corrected chi connectivity index (χ4v) is 3.30. The van der Waals surface area contributed by atoms with Crippen LogP contribution in [0.5, 0.6) is 0 Å². The average molecular weight is 285 g/mol. The second kappa shape index (κ2) is 5.53. The number of carbonyl (C=O) groups is 1. The van der Waals surface area contributed by atoms with Gasteiger partial charge in [-0.2, -0.15) is 0 Å². The molecule has 1 saturated carbocycles. The fourth-order valence-electron chi connectivity index (χ4n) is 3.30. The van der Waals surface area contributed by atoms with Crippen molar-refractivity contribution in [2.45, 2.75) is 50.6 Å². The molecule has 1 aliphatic rings. The normalized spacial score (nSPS) is 18.8. The summed E-state index contributed by atoms with van der Waals surface area (Å²) in [6.07, 6.45) is 7.00. The lowest BCUT2D eigenvalue weighted by atomic mass is 9.99. The van der Waals surface area contributed by atoms with Crippen molar-refractivity contribution in [2.24, 2.45) is 5.73 Å². The average Bonchev–Trinajstić information content (AvgIpc) is 3.06. The minimum Gasteiger partial charge on any atom is -0.361 e. The van der Waals surface area contributed by atoms with Gasteiger partial charge in [0, 0.05) is 22.6 Å². The van der Waals surface area contributed by atoms with Crippen LogP contribution in [0.15, 0.2) is 30.5 Å². The molecule has 4 heteroatoms. The number of hydrogen-bond acceptors (Lipinski definition) is 2. The number of aromatic amines is 1. The van der Waals surface area contributed by atoms with Gasteiger partial charge in [-0.05, 0) is 37.8 Å². The minimum absolute atomic E-state index is 0.0373. The predicted molar refractivity (Wildman–Crippen MR) is 85.0 cm³/mol. The van der Waals surface area contributed by atoms with E-state index in [0.717, 1.165) is 29.3 Å². The van der Waals surface area contributed by atoms with E-state index in [1.54, 1.807) is 0 Å². The van der Waals surface area contributed by atoms with Gasteiger partial charge in [-0.3, -0.25) is 4.79 Å². The fraction of sp³-hybridized carbons (Fsp3) is 0.471. The van der Waals surface area contributed by atoms with Gasteiger partial charge in [0.05, 0.1) is 6.04 Å². The molecule has 21 heavy (non-hydrogen) atoms. The van der Waals surface area contributed by atoms with E-state index in [1.807, 2.05) is 24.4 Å². The Morgan fingerprint density at radius 1 is 1.38 bits per heavy atom. The molecule has 0 radical (unpaired) electrons. The summed E-state index contributed by atoms with van der Waals surface area (Å²) in [5, 5.41) is 4.29. The maximum absolute atomic E-state index is 12.3. The smallest absolute Gasteiger partial charge is 0.237 e. The molecule has 1 amide bonds. The zero-order valence-electron chi connectivity index (χ0n) is 12.5. The van der Waals surface area contributed by atoms with Crippen molar-refractivity contribution >= 4 is 16.8 Å². The number of hydrogen-bond donors (Lipinski definition) is 3. The van der Waals surface area contributed by atoms with E-state index in [9.17, 15) is 4.79 Å². The van der Waals surface area contributed by atoms with Gasteiger partial charge >= 0.3 is 0 Å². The SMILES string of the molecule is CC1(NC(=O)C(N)Cc2c[nH]c3ccccc23)CCCC1. The van der Waals surface area contributed by atoms with Gasteiger partial charge in [0.2, 0.25) is 5.91 Å². The van der Waals surface area contributed by atoms with E-state index in [-0.39, 0.29) is 11.4 Å². The van der Waals surface area contributed by atoms with E-state index in [0.29, 0.717) is 6.42 Å². The van der Waals surface area contributed by atoms with Crippen molar-refractivity contribution in [3.05, 3.63) is 36.0 Å². The van der Waals surface area contributed by atoms with Gasteiger partial charge in [-0.1, -0.05) is 31.0 Å². The third-order valence-electron chi connectivity index (χ3n) is 4.58. The number of aromatic nitrogens is 1. The Hall–Kier alpha value is -1.81. The second-order valence-corrected chi connectivity index (χ2v) is 6.43. The highest BCUT2D eigenvalue weighted by molar-refractivity contribution is 5.86. The lowest BCUT2D eigenvalue weighted by Crippen LogP contribution is -2.51. The number of nitrogens with one attached hydrogen (secondary N) is 2. The molecule has 0 spiro atoms. The minimum atomic E-state index is -0.498. The van der Waals surface area contributed by atoms with Crippen molar-refractivity contribution in [3.8, 4) is 0 Å². The van der Waals surface area contributed by atoms with Crippen molar-refractivity contribution in [3.63, 3.8) is 0 Å². The van der Waals surface area contributed by atoms with E-state index in [4.69, 9.17) is 5.73 Å². The van der Waals surface area contributed by atoms with Gasteiger partial charge in [0.1, 0.15) is 0 Å². The molecule has 3 rings (SSSR count). The molecule has 1 atom stereocenters. The Balaban J connectivity index is 1.68. The highest BCUT2D eigenvalue weighted by atomic mass is 16.2. The van der Waals surface area contributed by atoms with Gasteiger partial charge in [0.25, 0.3) is 0 Å². The van der Waals surface area contributed by atoms with Crippen molar-refractivity contribution in [1.82, 2.24) is 10.3 Å². The molecule has 2 aromatic rings. The summed E-state index contributed by atoms with van der Waals surface area (Å²) in [7, 11) is 0. The predicted octanol–water partition coefficient (Wildman–Crippen LogP) is 2.49. The molecule has 1 unspecified atom stereocenters.